The number of carboxylic acid groups (broad SMARTS) is 1. The number of hydrogen-bond acceptors (Lipinski definition) is 7. The van der Waals surface area contributed by atoms with E-state index in [1.54, 1.807) is 30.3 Å². The maximum absolute atomic E-state index is 12.4. The highest BCUT2D eigenvalue weighted by Gasteiger charge is 2.32. The first-order valence-corrected chi connectivity index (χ1v) is 8.90. The number of aliphatic carboxylic acids is 1. The molecule has 0 unspecified atom stereocenters. The van der Waals surface area contributed by atoms with Crippen molar-refractivity contribution in [2.45, 2.75) is 6.42 Å². The number of nitrogens with zero attached hydrogens (tertiary/aromatic N) is 2. The number of carboxylic acids is 1. The summed E-state index contributed by atoms with van der Waals surface area (Å²) < 4.78 is 5.91. The highest BCUT2D eigenvalue weighted by atomic mass is 32.2. The van der Waals surface area contributed by atoms with E-state index < -0.39 is 16.8 Å². The molecule has 2 aromatic rings. The van der Waals surface area contributed by atoms with Gasteiger partial charge in [0.1, 0.15) is 15.8 Å². The Labute approximate surface area is 162 Å². The standard InChI is InChI=1S/C17H12N2O6S2/c20-15(21)7-8-18-16(22)14(27-17(18)26)9-10-5-6-13(25-10)11-3-1-2-4-12(11)19(23)24/h1-6,9H,7-8H2,(H,20,21)/b14-9+. The zero-order valence-electron chi connectivity index (χ0n) is 13.7. The van der Waals surface area contributed by atoms with Crippen LogP contribution in [-0.2, 0) is 9.59 Å². The quantitative estimate of drug-likeness (QED) is 0.337. The Balaban J connectivity index is 1.84. The Kier molecular flexibility index (Phi) is 5.38. The van der Waals surface area contributed by atoms with Crippen molar-refractivity contribution in [1.82, 2.24) is 4.90 Å². The van der Waals surface area contributed by atoms with E-state index in [1.807, 2.05) is 0 Å². The van der Waals surface area contributed by atoms with Crippen LogP contribution in [0.5, 0.6) is 0 Å². The van der Waals surface area contributed by atoms with Crippen LogP contribution < -0.4 is 0 Å². The van der Waals surface area contributed by atoms with Crippen molar-refractivity contribution >= 4 is 51.9 Å². The van der Waals surface area contributed by atoms with Crippen LogP contribution in [0.25, 0.3) is 17.4 Å². The van der Waals surface area contributed by atoms with Crippen LogP contribution in [0.2, 0.25) is 0 Å². The summed E-state index contributed by atoms with van der Waals surface area (Å²) in [4.78, 5) is 35.2. The lowest BCUT2D eigenvalue weighted by Crippen LogP contribution is -2.30. The van der Waals surface area contributed by atoms with Gasteiger partial charge in [-0.05, 0) is 18.2 Å². The number of nitro groups is 1. The third-order valence-corrected chi connectivity index (χ3v) is 5.07. The van der Waals surface area contributed by atoms with Gasteiger partial charge >= 0.3 is 5.97 Å². The van der Waals surface area contributed by atoms with Crippen LogP contribution in [0.3, 0.4) is 0 Å². The smallest absolute Gasteiger partial charge is 0.305 e. The summed E-state index contributed by atoms with van der Waals surface area (Å²) in [5, 5.41) is 19.9. The average Bonchev–Trinajstić information content (AvgIpc) is 3.18. The molecule has 1 aromatic heterocycles. The second kappa shape index (κ2) is 7.72. The summed E-state index contributed by atoms with van der Waals surface area (Å²) >= 11 is 6.17. The van der Waals surface area contributed by atoms with Crippen molar-refractivity contribution in [1.29, 1.82) is 0 Å². The van der Waals surface area contributed by atoms with Gasteiger partial charge in [0, 0.05) is 18.7 Å². The minimum atomic E-state index is -1.02. The number of thioether (sulfide) groups is 1. The van der Waals surface area contributed by atoms with Crippen LogP contribution in [0.1, 0.15) is 12.2 Å². The fraction of sp³-hybridized carbons (Fsp3) is 0.118. The maximum Gasteiger partial charge on any atom is 0.305 e. The molecular formula is C17H12N2O6S2. The number of para-hydroxylation sites is 1. The number of rotatable bonds is 6. The number of carbonyl (C=O) groups is 2. The fourth-order valence-corrected chi connectivity index (χ4v) is 3.73. The Hall–Kier alpha value is -2.98. The molecule has 1 aliphatic rings. The highest BCUT2D eigenvalue weighted by Crippen LogP contribution is 2.35. The van der Waals surface area contributed by atoms with E-state index in [4.69, 9.17) is 21.7 Å². The zero-order chi connectivity index (χ0) is 19.6. The van der Waals surface area contributed by atoms with Crippen LogP contribution in [0, 0.1) is 10.1 Å². The molecule has 8 nitrogen and oxygen atoms in total. The first-order valence-electron chi connectivity index (χ1n) is 7.67. The molecule has 10 heteroatoms. The summed E-state index contributed by atoms with van der Waals surface area (Å²) in [6.45, 7) is -0.00302. The van der Waals surface area contributed by atoms with Gasteiger partial charge in [0.25, 0.3) is 11.6 Å². The second-order valence-corrected chi connectivity index (χ2v) is 7.13. The average molecular weight is 404 g/mol. The number of furan rings is 1. The topological polar surface area (TPSA) is 114 Å². The number of carbonyl (C=O) groups excluding carboxylic acids is 1. The van der Waals surface area contributed by atoms with Gasteiger partial charge in [-0.1, -0.05) is 36.1 Å². The van der Waals surface area contributed by atoms with Gasteiger partial charge in [0.2, 0.25) is 0 Å². The molecule has 138 valence electrons. The van der Waals surface area contributed by atoms with Gasteiger partial charge in [-0.15, -0.1) is 0 Å². The molecule has 0 aliphatic carbocycles. The van der Waals surface area contributed by atoms with Crippen molar-refractivity contribution in [3.8, 4) is 11.3 Å². The Morgan fingerprint density at radius 3 is 2.78 bits per heavy atom. The summed E-state index contributed by atoms with van der Waals surface area (Å²) in [5.41, 5.74) is 0.245. The molecule has 0 spiro atoms. The second-order valence-electron chi connectivity index (χ2n) is 5.45. The van der Waals surface area contributed by atoms with Gasteiger partial charge in [-0.25, -0.2) is 0 Å². The maximum atomic E-state index is 12.4. The van der Waals surface area contributed by atoms with Crippen LogP contribution in [0.4, 0.5) is 5.69 Å². The molecule has 2 heterocycles. The molecule has 27 heavy (non-hydrogen) atoms. The van der Waals surface area contributed by atoms with Gasteiger partial charge in [0.05, 0.1) is 21.8 Å². The molecule has 0 saturated carbocycles. The molecule has 1 saturated heterocycles. The number of hydrogen-bond donors (Lipinski definition) is 1. The Morgan fingerprint density at radius 1 is 1.33 bits per heavy atom. The van der Waals surface area contributed by atoms with Crippen molar-refractivity contribution in [2.24, 2.45) is 0 Å². The molecule has 1 N–H and O–H groups in total. The lowest BCUT2D eigenvalue weighted by Gasteiger charge is -2.12. The highest BCUT2D eigenvalue weighted by molar-refractivity contribution is 8.26. The van der Waals surface area contributed by atoms with Gasteiger partial charge < -0.3 is 9.52 Å². The minimum Gasteiger partial charge on any atom is -0.481 e. The number of thiocarbonyl (C=S) groups is 1. The Bertz CT molecular complexity index is 981. The van der Waals surface area contributed by atoms with Crippen LogP contribution >= 0.6 is 24.0 Å². The fourth-order valence-electron chi connectivity index (χ4n) is 2.45. The first kappa shape index (κ1) is 18.8. The molecule has 0 atom stereocenters. The van der Waals surface area contributed by atoms with E-state index in [2.05, 4.69) is 0 Å². The van der Waals surface area contributed by atoms with Gasteiger partial charge in [-0.3, -0.25) is 24.6 Å². The summed E-state index contributed by atoms with van der Waals surface area (Å²) in [7, 11) is 0. The molecular weight excluding hydrogens is 392 g/mol. The number of benzene rings is 1. The number of amides is 1. The van der Waals surface area contributed by atoms with E-state index in [1.165, 1.54) is 17.0 Å². The monoisotopic (exact) mass is 404 g/mol. The summed E-state index contributed by atoms with van der Waals surface area (Å²) in [6, 6.07) is 9.36. The lowest BCUT2D eigenvalue weighted by atomic mass is 10.1. The van der Waals surface area contributed by atoms with E-state index in [-0.39, 0.29) is 23.0 Å². The van der Waals surface area contributed by atoms with E-state index >= 15 is 0 Å². The van der Waals surface area contributed by atoms with E-state index in [0.717, 1.165) is 11.8 Å². The Morgan fingerprint density at radius 2 is 2.07 bits per heavy atom. The zero-order valence-corrected chi connectivity index (χ0v) is 15.3. The minimum absolute atomic E-state index is 0.00302. The molecule has 1 aliphatic heterocycles. The molecule has 0 bridgehead atoms. The first-order chi connectivity index (χ1) is 12.9. The third-order valence-electron chi connectivity index (χ3n) is 3.69. The van der Waals surface area contributed by atoms with Crippen molar-refractivity contribution in [3.63, 3.8) is 0 Å². The SMILES string of the molecule is O=C(O)CCN1C(=O)/C(=C\c2ccc(-c3ccccc3[N+](=O)[O-])o2)SC1=S. The predicted molar refractivity (Wildman–Crippen MR) is 103 cm³/mol. The normalized spacial score (nSPS) is 15.6. The third kappa shape index (κ3) is 4.07. The van der Waals surface area contributed by atoms with Crippen molar-refractivity contribution < 1.29 is 24.0 Å². The van der Waals surface area contributed by atoms with Crippen LogP contribution in [-0.4, -0.2) is 37.7 Å². The van der Waals surface area contributed by atoms with Crippen molar-refractivity contribution in [3.05, 3.63) is 57.2 Å². The van der Waals surface area contributed by atoms with E-state index in [0.29, 0.717) is 22.0 Å². The predicted octanol–water partition coefficient (Wildman–Crippen LogP) is 3.53. The van der Waals surface area contributed by atoms with E-state index in [9.17, 15) is 19.7 Å². The molecule has 1 fully saturated rings. The lowest BCUT2D eigenvalue weighted by molar-refractivity contribution is -0.384. The van der Waals surface area contributed by atoms with Crippen LogP contribution in [0.15, 0.2) is 45.7 Å². The van der Waals surface area contributed by atoms with Crippen molar-refractivity contribution in [2.75, 3.05) is 6.54 Å². The number of nitro benzene ring substituents is 1. The summed E-state index contributed by atoms with van der Waals surface area (Å²) in [6.07, 6.45) is 1.28. The van der Waals surface area contributed by atoms with Gasteiger partial charge in [-0.2, -0.15) is 0 Å². The van der Waals surface area contributed by atoms with Gasteiger partial charge in [0.15, 0.2) is 0 Å². The molecule has 1 amide bonds. The molecule has 3 rings (SSSR count). The molecule has 0 radical (unpaired) electrons. The summed E-state index contributed by atoms with van der Waals surface area (Å²) in [5.74, 6) is -0.778. The molecule has 1 aromatic carbocycles. The largest absolute Gasteiger partial charge is 0.481 e.